The van der Waals surface area contributed by atoms with Crippen molar-refractivity contribution in [1.82, 2.24) is 0 Å². The predicted molar refractivity (Wildman–Crippen MR) is 68.8 cm³/mol. The van der Waals surface area contributed by atoms with E-state index in [1.54, 1.807) is 0 Å². The third-order valence-corrected chi connectivity index (χ3v) is 6.84. The summed E-state index contributed by atoms with van der Waals surface area (Å²) in [6, 6.07) is 0. The van der Waals surface area contributed by atoms with Crippen LogP contribution in [0.25, 0.3) is 0 Å². The van der Waals surface area contributed by atoms with E-state index in [0.717, 1.165) is 18.3 Å². The molecular formula is C16H22O2. The molecule has 98 valence electrons. The highest BCUT2D eigenvalue weighted by Crippen LogP contribution is 2.71. The van der Waals surface area contributed by atoms with Gasteiger partial charge in [0.25, 0.3) is 0 Å². The molecule has 0 aliphatic heterocycles. The van der Waals surface area contributed by atoms with Gasteiger partial charge in [-0.2, -0.15) is 0 Å². The van der Waals surface area contributed by atoms with E-state index in [2.05, 4.69) is 26.0 Å². The zero-order chi connectivity index (χ0) is 12.7. The number of hydrogen-bond donors (Lipinski definition) is 1. The SMILES string of the molecule is CC(C)C1(C(=O)O)CC2CC1C1C3C=CC(C3)C21. The molecule has 0 radical (unpaired) electrons. The van der Waals surface area contributed by atoms with E-state index in [4.69, 9.17) is 0 Å². The first-order valence-corrected chi connectivity index (χ1v) is 7.47. The quantitative estimate of drug-likeness (QED) is 0.600. The van der Waals surface area contributed by atoms with Gasteiger partial charge >= 0.3 is 5.97 Å². The van der Waals surface area contributed by atoms with Gasteiger partial charge in [0, 0.05) is 0 Å². The summed E-state index contributed by atoms with van der Waals surface area (Å²) in [5, 5.41) is 9.83. The monoisotopic (exact) mass is 246 g/mol. The Labute approximate surface area is 108 Å². The first-order valence-electron chi connectivity index (χ1n) is 7.47. The standard InChI is InChI=1S/C16H22O2/c1-8(2)16(15(17)18)7-11-6-12(16)14-10-4-3-9(5-10)13(11)14/h3-4,8-14H,5-7H2,1-2H3,(H,17,18). The first kappa shape index (κ1) is 11.1. The predicted octanol–water partition coefficient (Wildman–Crippen LogP) is 3.19. The molecule has 0 aromatic carbocycles. The summed E-state index contributed by atoms with van der Waals surface area (Å²) < 4.78 is 0. The van der Waals surface area contributed by atoms with E-state index >= 15 is 0 Å². The fourth-order valence-corrected chi connectivity index (χ4v) is 6.28. The van der Waals surface area contributed by atoms with E-state index in [1.165, 1.54) is 12.8 Å². The molecule has 0 amide bonds. The summed E-state index contributed by atoms with van der Waals surface area (Å²) >= 11 is 0. The number of hydrogen-bond acceptors (Lipinski definition) is 1. The van der Waals surface area contributed by atoms with Crippen LogP contribution in [0.1, 0.15) is 33.1 Å². The molecule has 3 fully saturated rings. The van der Waals surface area contributed by atoms with Gasteiger partial charge in [-0.15, -0.1) is 0 Å². The number of rotatable bonds is 2. The number of aliphatic carboxylic acids is 1. The molecule has 4 bridgehead atoms. The second-order valence-electron chi connectivity index (χ2n) is 7.41. The number of allylic oxidation sites excluding steroid dienone is 2. The second kappa shape index (κ2) is 3.20. The van der Waals surface area contributed by atoms with Gasteiger partial charge in [-0.25, -0.2) is 0 Å². The minimum atomic E-state index is -0.518. The Morgan fingerprint density at radius 2 is 1.89 bits per heavy atom. The smallest absolute Gasteiger partial charge is 0.310 e. The second-order valence-corrected chi connectivity index (χ2v) is 7.41. The molecule has 2 heteroatoms. The highest BCUT2D eigenvalue weighted by atomic mass is 16.4. The molecule has 4 aliphatic rings. The van der Waals surface area contributed by atoms with Crippen LogP contribution in [-0.2, 0) is 4.79 Å². The van der Waals surface area contributed by atoms with Gasteiger partial charge in [0.05, 0.1) is 5.41 Å². The molecule has 4 aliphatic carbocycles. The number of carboxylic acids is 1. The van der Waals surface area contributed by atoms with E-state index in [1.807, 2.05) is 0 Å². The van der Waals surface area contributed by atoms with Crippen molar-refractivity contribution < 1.29 is 9.90 Å². The van der Waals surface area contributed by atoms with Crippen molar-refractivity contribution in [2.24, 2.45) is 46.8 Å². The van der Waals surface area contributed by atoms with Gasteiger partial charge in [0.1, 0.15) is 0 Å². The van der Waals surface area contributed by atoms with Crippen molar-refractivity contribution in [2.45, 2.75) is 33.1 Å². The Morgan fingerprint density at radius 1 is 1.22 bits per heavy atom. The minimum absolute atomic E-state index is 0.272. The van der Waals surface area contributed by atoms with E-state index in [9.17, 15) is 9.90 Å². The Bertz CT molecular complexity index is 438. The van der Waals surface area contributed by atoms with Crippen LogP contribution in [-0.4, -0.2) is 11.1 Å². The number of fused-ring (bicyclic) bond motifs is 9. The van der Waals surface area contributed by atoms with Crippen molar-refractivity contribution in [3.63, 3.8) is 0 Å². The van der Waals surface area contributed by atoms with Gasteiger partial charge in [-0.3, -0.25) is 4.79 Å². The lowest BCUT2D eigenvalue weighted by Gasteiger charge is -2.45. The highest BCUT2D eigenvalue weighted by Gasteiger charge is 2.68. The molecule has 2 nitrogen and oxygen atoms in total. The zero-order valence-electron chi connectivity index (χ0n) is 11.2. The van der Waals surface area contributed by atoms with E-state index < -0.39 is 11.4 Å². The van der Waals surface area contributed by atoms with Crippen LogP contribution in [0.15, 0.2) is 12.2 Å². The Hall–Kier alpha value is -0.790. The summed E-state index contributed by atoms with van der Waals surface area (Å²) in [6.45, 7) is 4.24. The van der Waals surface area contributed by atoms with Crippen LogP contribution in [0.3, 0.4) is 0 Å². The number of carbonyl (C=O) groups is 1. The summed E-state index contributed by atoms with van der Waals surface area (Å²) in [4.78, 5) is 11.9. The van der Waals surface area contributed by atoms with Crippen molar-refractivity contribution >= 4 is 5.97 Å². The summed E-state index contributed by atoms with van der Waals surface area (Å²) in [5.74, 6) is 3.91. The van der Waals surface area contributed by atoms with Gasteiger partial charge in [-0.05, 0) is 60.7 Å². The molecule has 0 aromatic heterocycles. The Morgan fingerprint density at radius 3 is 2.50 bits per heavy atom. The molecule has 7 atom stereocenters. The molecule has 0 spiro atoms. The molecule has 1 N–H and O–H groups in total. The third kappa shape index (κ3) is 1.01. The van der Waals surface area contributed by atoms with Crippen LogP contribution in [0.5, 0.6) is 0 Å². The average Bonchev–Trinajstić information content (AvgIpc) is 3.05. The maximum Gasteiger partial charge on any atom is 0.310 e. The molecular weight excluding hydrogens is 224 g/mol. The summed E-state index contributed by atoms with van der Waals surface area (Å²) in [5.41, 5.74) is -0.413. The average molecular weight is 246 g/mol. The molecule has 4 rings (SSSR count). The van der Waals surface area contributed by atoms with E-state index in [0.29, 0.717) is 23.7 Å². The Balaban J connectivity index is 1.77. The lowest BCUT2D eigenvalue weighted by atomic mass is 9.58. The highest BCUT2D eigenvalue weighted by molar-refractivity contribution is 5.76. The van der Waals surface area contributed by atoms with Gasteiger partial charge in [-0.1, -0.05) is 26.0 Å². The van der Waals surface area contributed by atoms with Crippen LogP contribution in [0, 0.1) is 46.8 Å². The fourth-order valence-electron chi connectivity index (χ4n) is 6.28. The van der Waals surface area contributed by atoms with Crippen molar-refractivity contribution in [1.29, 1.82) is 0 Å². The summed E-state index contributed by atoms with van der Waals surface area (Å²) in [7, 11) is 0. The molecule has 0 saturated heterocycles. The summed E-state index contributed by atoms with van der Waals surface area (Å²) in [6.07, 6.45) is 8.26. The van der Waals surface area contributed by atoms with Crippen LogP contribution >= 0.6 is 0 Å². The molecule has 18 heavy (non-hydrogen) atoms. The van der Waals surface area contributed by atoms with Gasteiger partial charge in [0.2, 0.25) is 0 Å². The molecule has 7 unspecified atom stereocenters. The third-order valence-electron chi connectivity index (χ3n) is 6.84. The lowest BCUT2D eigenvalue weighted by Crippen LogP contribution is -2.47. The Kier molecular flexibility index (Phi) is 1.97. The maximum atomic E-state index is 11.9. The lowest BCUT2D eigenvalue weighted by molar-refractivity contribution is -0.159. The van der Waals surface area contributed by atoms with Gasteiger partial charge < -0.3 is 5.11 Å². The van der Waals surface area contributed by atoms with E-state index in [-0.39, 0.29) is 5.92 Å². The first-order chi connectivity index (χ1) is 8.55. The fraction of sp³-hybridized carbons (Fsp3) is 0.812. The maximum absolute atomic E-state index is 11.9. The normalized spacial score (nSPS) is 55.5. The topological polar surface area (TPSA) is 37.3 Å². The van der Waals surface area contributed by atoms with Crippen molar-refractivity contribution in [3.05, 3.63) is 12.2 Å². The zero-order valence-corrected chi connectivity index (χ0v) is 11.2. The number of carboxylic acid groups (broad SMARTS) is 1. The molecule has 3 saturated carbocycles. The van der Waals surface area contributed by atoms with Crippen LogP contribution < -0.4 is 0 Å². The van der Waals surface area contributed by atoms with Crippen LogP contribution in [0.2, 0.25) is 0 Å². The van der Waals surface area contributed by atoms with Gasteiger partial charge in [0.15, 0.2) is 0 Å². The molecule has 0 aromatic rings. The molecule has 0 heterocycles. The van der Waals surface area contributed by atoms with Crippen molar-refractivity contribution in [2.75, 3.05) is 0 Å². The largest absolute Gasteiger partial charge is 0.481 e. The van der Waals surface area contributed by atoms with Crippen LogP contribution in [0.4, 0.5) is 0 Å². The minimum Gasteiger partial charge on any atom is -0.481 e. The van der Waals surface area contributed by atoms with Crippen molar-refractivity contribution in [3.8, 4) is 0 Å².